The van der Waals surface area contributed by atoms with Crippen LogP contribution < -0.4 is 20.2 Å². The molecule has 7 nitrogen and oxygen atoms in total. The van der Waals surface area contributed by atoms with Crippen LogP contribution in [0.4, 0.5) is 0 Å². The number of carbonyl (C=O) groups is 2. The van der Waals surface area contributed by atoms with Crippen molar-refractivity contribution in [3.63, 3.8) is 0 Å². The highest BCUT2D eigenvalue weighted by Gasteiger charge is 2.17. The highest BCUT2D eigenvalue weighted by molar-refractivity contribution is 9.10. The molecule has 0 aliphatic rings. The first-order valence-corrected chi connectivity index (χ1v) is 12.0. The monoisotopic (exact) mass is 537 g/mol. The Morgan fingerprint density at radius 3 is 2.49 bits per heavy atom. The average Bonchev–Trinajstić information content (AvgIpc) is 2.85. The van der Waals surface area contributed by atoms with Gasteiger partial charge in [0.05, 0.1) is 18.4 Å². The highest BCUT2D eigenvalue weighted by Crippen LogP contribution is 2.29. The third-order valence-electron chi connectivity index (χ3n) is 5.03. The van der Waals surface area contributed by atoms with Crippen LogP contribution in [0.1, 0.15) is 40.9 Å². The summed E-state index contributed by atoms with van der Waals surface area (Å²) in [6, 6.07) is 19.8. The Kier molecular flexibility index (Phi) is 9.43. The number of amides is 2. The Hall–Kier alpha value is -3.65. The van der Waals surface area contributed by atoms with Crippen molar-refractivity contribution in [2.45, 2.75) is 33.4 Å². The number of hydrazone groups is 1. The van der Waals surface area contributed by atoms with Crippen LogP contribution in [0.25, 0.3) is 0 Å². The molecule has 2 N–H and O–H groups in total. The highest BCUT2D eigenvalue weighted by atomic mass is 79.9. The molecule has 0 saturated heterocycles. The molecule has 182 valence electrons. The van der Waals surface area contributed by atoms with Crippen LogP contribution in [0.2, 0.25) is 0 Å². The summed E-state index contributed by atoms with van der Waals surface area (Å²) >= 11 is 3.33. The van der Waals surface area contributed by atoms with E-state index in [1.54, 1.807) is 31.2 Å². The molecule has 0 aliphatic carbocycles. The van der Waals surface area contributed by atoms with Gasteiger partial charge < -0.3 is 14.8 Å². The van der Waals surface area contributed by atoms with Crippen LogP contribution in [0, 0.1) is 6.92 Å². The molecule has 35 heavy (non-hydrogen) atoms. The van der Waals surface area contributed by atoms with Gasteiger partial charge in [-0.2, -0.15) is 5.10 Å². The number of nitrogens with one attached hydrogen (secondary N) is 2. The van der Waals surface area contributed by atoms with E-state index in [0.717, 1.165) is 11.1 Å². The van der Waals surface area contributed by atoms with Crippen molar-refractivity contribution < 1.29 is 19.1 Å². The van der Waals surface area contributed by atoms with Crippen LogP contribution >= 0.6 is 15.9 Å². The fraction of sp³-hybridized carbons (Fsp3) is 0.222. The van der Waals surface area contributed by atoms with Crippen LogP contribution in [0.5, 0.6) is 11.5 Å². The van der Waals surface area contributed by atoms with Crippen molar-refractivity contribution in [2.24, 2.45) is 5.10 Å². The van der Waals surface area contributed by atoms with Crippen LogP contribution in [-0.4, -0.2) is 30.7 Å². The lowest BCUT2D eigenvalue weighted by Crippen LogP contribution is -2.43. The molecule has 1 unspecified atom stereocenters. The number of ether oxygens (including phenoxy) is 2. The Balaban J connectivity index is 1.57. The van der Waals surface area contributed by atoms with Crippen molar-refractivity contribution in [3.8, 4) is 11.5 Å². The van der Waals surface area contributed by atoms with Gasteiger partial charge in [0.1, 0.15) is 12.6 Å². The lowest BCUT2D eigenvalue weighted by Gasteiger charge is -2.13. The van der Waals surface area contributed by atoms with E-state index in [2.05, 4.69) is 31.8 Å². The summed E-state index contributed by atoms with van der Waals surface area (Å²) in [6.45, 7) is 6.43. The molecule has 0 bridgehead atoms. The Morgan fingerprint density at radius 2 is 1.77 bits per heavy atom. The van der Waals surface area contributed by atoms with E-state index in [1.165, 1.54) is 11.8 Å². The van der Waals surface area contributed by atoms with E-state index >= 15 is 0 Å². The zero-order valence-corrected chi connectivity index (χ0v) is 21.5. The number of nitrogens with zero attached hydrogens (tertiary/aromatic N) is 1. The van der Waals surface area contributed by atoms with Crippen molar-refractivity contribution in [3.05, 3.63) is 93.5 Å². The largest absolute Gasteiger partial charge is 0.490 e. The standard InChI is InChI=1S/C27H28BrN3O4/c1-4-34-25-15-21(13-14-24(25)35-17-20-11-9-18(2)10-12-20)16-29-31-26(32)19(3)30-27(33)22-7-5-6-8-23(22)28/h5-16,19H,4,17H2,1-3H3,(H,30,33)(H,31,32). The van der Waals surface area contributed by atoms with Gasteiger partial charge in [-0.15, -0.1) is 0 Å². The molecule has 3 rings (SSSR count). The van der Waals surface area contributed by atoms with Gasteiger partial charge in [0.2, 0.25) is 0 Å². The minimum atomic E-state index is -0.775. The van der Waals surface area contributed by atoms with Gasteiger partial charge >= 0.3 is 0 Å². The number of hydrogen-bond acceptors (Lipinski definition) is 5. The number of benzene rings is 3. The number of halogens is 1. The van der Waals surface area contributed by atoms with Crippen molar-refractivity contribution in [1.29, 1.82) is 0 Å². The molecule has 0 aromatic heterocycles. The second-order valence-electron chi connectivity index (χ2n) is 7.82. The molecular formula is C27H28BrN3O4. The fourth-order valence-electron chi connectivity index (χ4n) is 3.09. The molecule has 0 heterocycles. The molecule has 8 heteroatoms. The number of hydrogen-bond donors (Lipinski definition) is 2. The molecule has 1 atom stereocenters. The molecular weight excluding hydrogens is 510 g/mol. The molecule has 0 spiro atoms. The maximum Gasteiger partial charge on any atom is 0.262 e. The van der Waals surface area contributed by atoms with Crippen LogP contribution in [0.15, 0.2) is 76.3 Å². The average molecular weight is 538 g/mol. The van der Waals surface area contributed by atoms with Gasteiger partial charge in [0.15, 0.2) is 11.5 Å². The van der Waals surface area contributed by atoms with E-state index in [9.17, 15) is 9.59 Å². The Labute approximate surface area is 213 Å². The van der Waals surface area contributed by atoms with Crippen molar-refractivity contribution >= 4 is 34.0 Å². The topological polar surface area (TPSA) is 89.0 Å². The van der Waals surface area contributed by atoms with Crippen molar-refractivity contribution in [1.82, 2.24) is 10.7 Å². The van der Waals surface area contributed by atoms with Gasteiger partial charge in [-0.3, -0.25) is 9.59 Å². The summed E-state index contributed by atoms with van der Waals surface area (Å²) in [5.41, 5.74) is 5.88. The summed E-state index contributed by atoms with van der Waals surface area (Å²) < 4.78 is 12.3. The first-order chi connectivity index (χ1) is 16.9. The quantitative estimate of drug-likeness (QED) is 0.281. The SMILES string of the molecule is CCOc1cc(C=NNC(=O)C(C)NC(=O)c2ccccc2Br)ccc1OCc1ccc(C)cc1. The summed E-state index contributed by atoms with van der Waals surface area (Å²) in [5.74, 6) is 0.414. The predicted octanol–water partition coefficient (Wildman–Crippen LogP) is 5.00. The first-order valence-electron chi connectivity index (χ1n) is 11.2. The third-order valence-corrected chi connectivity index (χ3v) is 5.72. The smallest absolute Gasteiger partial charge is 0.262 e. The lowest BCUT2D eigenvalue weighted by atomic mass is 10.2. The summed E-state index contributed by atoms with van der Waals surface area (Å²) in [6.07, 6.45) is 1.51. The number of rotatable bonds is 10. The zero-order chi connectivity index (χ0) is 25.2. The van der Waals surface area contributed by atoms with E-state index < -0.39 is 11.9 Å². The second-order valence-corrected chi connectivity index (χ2v) is 8.68. The zero-order valence-electron chi connectivity index (χ0n) is 19.9. The minimum absolute atomic E-state index is 0.355. The molecule has 3 aromatic rings. The van der Waals surface area contributed by atoms with E-state index in [-0.39, 0.29) is 5.91 Å². The molecule has 0 radical (unpaired) electrons. The Morgan fingerprint density at radius 1 is 1.03 bits per heavy atom. The van der Waals surface area contributed by atoms with Gasteiger partial charge in [-0.1, -0.05) is 42.0 Å². The van der Waals surface area contributed by atoms with Crippen LogP contribution in [0.3, 0.4) is 0 Å². The maximum atomic E-state index is 12.4. The summed E-state index contributed by atoms with van der Waals surface area (Å²) in [7, 11) is 0. The first kappa shape index (κ1) is 26.0. The van der Waals surface area contributed by atoms with Crippen LogP contribution in [-0.2, 0) is 11.4 Å². The number of carbonyl (C=O) groups excluding carboxylic acids is 2. The van der Waals surface area contributed by atoms with Gasteiger partial charge in [0, 0.05) is 4.47 Å². The number of aryl methyl sites for hydroxylation is 1. The summed E-state index contributed by atoms with van der Waals surface area (Å²) in [4.78, 5) is 24.7. The lowest BCUT2D eigenvalue weighted by molar-refractivity contribution is -0.122. The molecule has 3 aromatic carbocycles. The fourth-order valence-corrected chi connectivity index (χ4v) is 3.56. The molecule has 0 aliphatic heterocycles. The van der Waals surface area contributed by atoms with Gasteiger partial charge in [-0.25, -0.2) is 5.43 Å². The van der Waals surface area contributed by atoms with Gasteiger partial charge in [-0.05, 0) is 78.2 Å². The normalized spacial score (nSPS) is 11.7. The third kappa shape index (κ3) is 7.68. The molecule has 0 fully saturated rings. The van der Waals surface area contributed by atoms with E-state index in [1.807, 2.05) is 56.3 Å². The minimum Gasteiger partial charge on any atom is -0.490 e. The predicted molar refractivity (Wildman–Crippen MR) is 140 cm³/mol. The van der Waals surface area contributed by atoms with Crippen molar-refractivity contribution in [2.75, 3.05) is 6.61 Å². The summed E-state index contributed by atoms with van der Waals surface area (Å²) in [5, 5.41) is 6.67. The molecule has 0 saturated carbocycles. The Bertz CT molecular complexity index is 1200. The molecule has 2 amide bonds. The van der Waals surface area contributed by atoms with E-state index in [0.29, 0.717) is 34.7 Å². The maximum absolute atomic E-state index is 12.4. The second kappa shape index (κ2) is 12.7. The van der Waals surface area contributed by atoms with Gasteiger partial charge in [0.25, 0.3) is 11.8 Å². The van der Waals surface area contributed by atoms with E-state index in [4.69, 9.17) is 9.47 Å².